The van der Waals surface area contributed by atoms with Gasteiger partial charge in [-0.3, -0.25) is 9.48 Å². The molecule has 158 valence electrons. The van der Waals surface area contributed by atoms with Crippen LogP contribution in [0.15, 0.2) is 48.7 Å². The highest BCUT2D eigenvalue weighted by molar-refractivity contribution is 6.06. The normalized spacial score (nSPS) is 13.6. The Morgan fingerprint density at radius 2 is 1.97 bits per heavy atom. The largest absolute Gasteiger partial charge is 0.352 e. The zero-order valence-electron chi connectivity index (χ0n) is 17.9. The summed E-state index contributed by atoms with van der Waals surface area (Å²) in [6.45, 7) is 5.35. The van der Waals surface area contributed by atoms with Crippen molar-refractivity contribution in [3.8, 4) is 5.69 Å². The predicted molar refractivity (Wildman–Crippen MR) is 119 cm³/mol. The Morgan fingerprint density at radius 3 is 2.68 bits per heavy atom. The molecule has 0 bridgehead atoms. The number of carbonyl (C=O) groups excluding carboxylic acids is 1. The Bertz CT molecular complexity index is 1240. The highest BCUT2D eigenvalue weighted by Gasteiger charge is 2.29. The predicted octanol–water partition coefficient (Wildman–Crippen LogP) is 3.93. The van der Waals surface area contributed by atoms with Crippen molar-refractivity contribution < 1.29 is 4.79 Å². The third-order valence-corrected chi connectivity index (χ3v) is 5.83. The number of hydrogen-bond acceptors (Lipinski definition) is 4. The van der Waals surface area contributed by atoms with Crippen LogP contribution in [0.2, 0.25) is 0 Å². The van der Waals surface area contributed by atoms with Crippen LogP contribution in [0.4, 0.5) is 0 Å². The Labute approximate surface area is 181 Å². The first kappa shape index (κ1) is 19.5. The number of aryl methyl sites for hydroxylation is 3. The van der Waals surface area contributed by atoms with E-state index in [1.807, 2.05) is 65.7 Å². The standard InChI is InChI=1S/C24H26N6O/c1-16-11-13-26-29(16)14-6-12-25-24(31)20-15-21(18-9-10-18)27-23-22(20)17(2)28-30(23)19-7-4-3-5-8-19/h3-5,7-8,11,13,15,18H,6,9-10,12,14H2,1-2H3,(H,25,31). The molecule has 7 nitrogen and oxygen atoms in total. The van der Waals surface area contributed by atoms with Gasteiger partial charge >= 0.3 is 0 Å². The first-order valence-corrected chi connectivity index (χ1v) is 10.8. The number of hydrogen-bond donors (Lipinski definition) is 1. The van der Waals surface area contributed by atoms with Gasteiger partial charge in [0.1, 0.15) is 0 Å². The second-order valence-electron chi connectivity index (χ2n) is 8.21. The zero-order chi connectivity index (χ0) is 21.4. The molecule has 1 aliphatic carbocycles. The van der Waals surface area contributed by atoms with Crippen molar-refractivity contribution in [3.05, 3.63) is 71.3 Å². The van der Waals surface area contributed by atoms with Gasteiger partial charge in [0.2, 0.25) is 0 Å². The minimum Gasteiger partial charge on any atom is -0.352 e. The summed E-state index contributed by atoms with van der Waals surface area (Å²) in [6.07, 6.45) is 4.87. The van der Waals surface area contributed by atoms with Crippen LogP contribution in [-0.4, -0.2) is 37.0 Å². The fourth-order valence-corrected chi connectivity index (χ4v) is 3.98. The van der Waals surface area contributed by atoms with Gasteiger partial charge in [-0.25, -0.2) is 9.67 Å². The molecule has 1 N–H and O–H groups in total. The molecule has 1 fully saturated rings. The fourth-order valence-electron chi connectivity index (χ4n) is 3.98. The van der Waals surface area contributed by atoms with Crippen molar-refractivity contribution >= 4 is 16.9 Å². The van der Waals surface area contributed by atoms with Gasteiger partial charge in [0.05, 0.1) is 22.3 Å². The highest BCUT2D eigenvalue weighted by atomic mass is 16.1. The molecule has 0 radical (unpaired) electrons. The Balaban J connectivity index is 1.44. The van der Waals surface area contributed by atoms with E-state index in [1.54, 1.807) is 6.20 Å². The highest BCUT2D eigenvalue weighted by Crippen LogP contribution is 2.40. The summed E-state index contributed by atoms with van der Waals surface area (Å²) >= 11 is 0. The van der Waals surface area contributed by atoms with Gasteiger partial charge in [-0.1, -0.05) is 18.2 Å². The molecule has 7 heteroatoms. The summed E-state index contributed by atoms with van der Waals surface area (Å²) in [5.41, 5.74) is 5.29. The molecule has 0 unspecified atom stereocenters. The van der Waals surface area contributed by atoms with E-state index in [1.165, 1.54) is 0 Å². The Morgan fingerprint density at radius 1 is 1.16 bits per heavy atom. The number of benzene rings is 1. The van der Waals surface area contributed by atoms with Gasteiger partial charge in [0, 0.05) is 36.6 Å². The first-order valence-electron chi connectivity index (χ1n) is 10.8. The monoisotopic (exact) mass is 414 g/mol. The first-order chi connectivity index (χ1) is 15.1. The van der Waals surface area contributed by atoms with E-state index in [4.69, 9.17) is 10.1 Å². The Hall–Kier alpha value is -3.48. The van der Waals surface area contributed by atoms with E-state index in [-0.39, 0.29) is 5.91 Å². The maximum atomic E-state index is 13.2. The molecule has 0 saturated heterocycles. The summed E-state index contributed by atoms with van der Waals surface area (Å²) in [5, 5.41) is 12.9. The van der Waals surface area contributed by atoms with Gasteiger partial charge in [-0.05, 0) is 57.4 Å². The van der Waals surface area contributed by atoms with Crippen molar-refractivity contribution in [1.82, 2.24) is 29.9 Å². The van der Waals surface area contributed by atoms with Crippen molar-refractivity contribution in [3.63, 3.8) is 0 Å². The van der Waals surface area contributed by atoms with Crippen molar-refractivity contribution in [2.45, 2.75) is 45.6 Å². The number of aromatic nitrogens is 5. The van der Waals surface area contributed by atoms with Crippen LogP contribution < -0.4 is 5.32 Å². The molecule has 4 aromatic rings. The van der Waals surface area contributed by atoms with E-state index in [2.05, 4.69) is 10.4 Å². The summed E-state index contributed by atoms with van der Waals surface area (Å²) in [5.74, 6) is 0.375. The number of nitrogens with zero attached hydrogens (tertiary/aromatic N) is 5. The van der Waals surface area contributed by atoms with Crippen LogP contribution in [0.3, 0.4) is 0 Å². The molecule has 3 heterocycles. The smallest absolute Gasteiger partial charge is 0.252 e. The average molecular weight is 415 g/mol. The quantitative estimate of drug-likeness (QED) is 0.465. The third-order valence-electron chi connectivity index (χ3n) is 5.83. The lowest BCUT2D eigenvalue weighted by Gasteiger charge is -2.10. The summed E-state index contributed by atoms with van der Waals surface area (Å²) in [4.78, 5) is 18.1. The van der Waals surface area contributed by atoms with Crippen molar-refractivity contribution in [2.75, 3.05) is 6.54 Å². The lowest BCUT2D eigenvalue weighted by atomic mass is 10.1. The summed E-state index contributed by atoms with van der Waals surface area (Å²) in [6, 6.07) is 13.9. The molecular weight excluding hydrogens is 388 g/mol. The van der Waals surface area contributed by atoms with E-state index in [0.29, 0.717) is 18.0 Å². The van der Waals surface area contributed by atoms with E-state index in [9.17, 15) is 4.79 Å². The summed E-state index contributed by atoms with van der Waals surface area (Å²) in [7, 11) is 0. The van der Waals surface area contributed by atoms with Crippen molar-refractivity contribution in [1.29, 1.82) is 0 Å². The number of nitrogens with one attached hydrogen (secondary N) is 1. The lowest BCUT2D eigenvalue weighted by molar-refractivity contribution is 0.0954. The van der Waals surface area contributed by atoms with Gasteiger partial charge in [-0.2, -0.15) is 10.2 Å². The Kier molecular flexibility index (Phi) is 5.02. The fraction of sp³-hybridized carbons (Fsp3) is 0.333. The number of carbonyl (C=O) groups is 1. The number of pyridine rings is 1. The molecule has 0 spiro atoms. The molecule has 0 atom stereocenters. The molecule has 1 amide bonds. The molecule has 0 aliphatic heterocycles. The summed E-state index contributed by atoms with van der Waals surface area (Å²) < 4.78 is 3.81. The second-order valence-corrected chi connectivity index (χ2v) is 8.21. The molecule has 31 heavy (non-hydrogen) atoms. The molecular formula is C24H26N6O. The van der Waals surface area contributed by atoms with E-state index in [0.717, 1.165) is 59.6 Å². The maximum absolute atomic E-state index is 13.2. The second kappa shape index (κ2) is 7.98. The SMILES string of the molecule is Cc1nn(-c2ccccc2)c2nc(C3CC3)cc(C(=O)NCCCn3nccc3C)c12. The molecule has 3 aromatic heterocycles. The minimum absolute atomic E-state index is 0.0674. The average Bonchev–Trinajstić information content (AvgIpc) is 3.48. The van der Waals surface area contributed by atoms with Gasteiger partial charge in [0.15, 0.2) is 5.65 Å². The molecule has 1 saturated carbocycles. The molecule has 1 aromatic carbocycles. The topological polar surface area (TPSA) is 77.6 Å². The van der Waals surface area contributed by atoms with Crippen LogP contribution in [0, 0.1) is 13.8 Å². The van der Waals surface area contributed by atoms with Gasteiger partial charge in [0.25, 0.3) is 5.91 Å². The van der Waals surface area contributed by atoms with Crippen LogP contribution in [0.25, 0.3) is 16.7 Å². The van der Waals surface area contributed by atoms with E-state index < -0.39 is 0 Å². The minimum atomic E-state index is -0.0674. The zero-order valence-corrected chi connectivity index (χ0v) is 17.9. The van der Waals surface area contributed by atoms with E-state index >= 15 is 0 Å². The van der Waals surface area contributed by atoms with Gasteiger partial charge < -0.3 is 5.32 Å². The lowest BCUT2D eigenvalue weighted by Crippen LogP contribution is -2.26. The van der Waals surface area contributed by atoms with Gasteiger partial charge in [-0.15, -0.1) is 0 Å². The van der Waals surface area contributed by atoms with Crippen LogP contribution >= 0.6 is 0 Å². The van der Waals surface area contributed by atoms with Crippen LogP contribution in [0.5, 0.6) is 0 Å². The number of rotatable bonds is 7. The van der Waals surface area contributed by atoms with Crippen LogP contribution in [-0.2, 0) is 6.54 Å². The number of amides is 1. The molecule has 1 aliphatic rings. The number of fused-ring (bicyclic) bond motifs is 1. The molecule has 5 rings (SSSR count). The maximum Gasteiger partial charge on any atom is 0.252 e. The third kappa shape index (κ3) is 3.83. The number of para-hydroxylation sites is 1. The van der Waals surface area contributed by atoms with Crippen molar-refractivity contribution in [2.24, 2.45) is 0 Å². The van der Waals surface area contributed by atoms with Crippen LogP contribution in [0.1, 0.15) is 52.6 Å².